The largest absolute Gasteiger partial charge is 0.495 e. The van der Waals surface area contributed by atoms with Crippen LogP contribution >= 0.6 is 0 Å². The third-order valence-electron chi connectivity index (χ3n) is 4.81. The number of furan rings is 1. The number of para-hydroxylation sites is 2. The maximum absolute atomic E-state index is 8.78. The molecule has 3 aromatic heterocycles. The van der Waals surface area contributed by atoms with Crippen molar-refractivity contribution in [1.29, 1.82) is 5.41 Å². The van der Waals surface area contributed by atoms with E-state index in [0.717, 1.165) is 33.7 Å². The maximum atomic E-state index is 8.78. The molecule has 4 aromatic rings. The van der Waals surface area contributed by atoms with Gasteiger partial charge >= 0.3 is 0 Å². The standard InChI is InChI=1S/C20H20N4O2/c1-13-14(2)23(11-15-7-6-10-26-15)20-18(13)19(21)24(12-22-20)16-8-4-5-9-17(16)25-3/h4-10,12,21H,11H2,1-3H3. The summed E-state index contributed by atoms with van der Waals surface area (Å²) in [5.74, 6) is 1.57. The monoisotopic (exact) mass is 348 g/mol. The van der Waals surface area contributed by atoms with E-state index in [1.165, 1.54) is 0 Å². The molecular weight excluding hydrogens is 328 g/mol. The molecule has 0 unspecified atom stereocenters. The molecule has 0 saturated heterocycles. The second kappa shape index (κ2) is 6.22. The molecule has 132 valence electrons. The fourth-order valence-electron chi connectivity index (χ4n) is 3.32. The predicted octanol–water partition coefficient (Wildman–Crippen LogP) is 3.57. The number of hydrogen-bond acceptors (Lipinski definition) is 4. The fraction of sp³-hybridized carbons (Fsp3) is 0.200. The van der Waals surface area contributed by atoms with E-state index in [-0.39, 0.29) is 0 Å². The van der Waals surface area contributed by atoms with Crippen LogP contribution in [0.25, 0.3) is 16.7 Å². The van der Waals surface area contributed by atoms with Crippen molar-refractivity contribution in [3.05, 3.63) is 71.5 Å². The lowest BCUT2D eigenvalue weighted by molar-refractivity contribution is 0.412. The number of aromatic nitrogens is 3. The summed E-state index contributed by atoms with van der Waals surface area (Å²) in [6.07, 6.45) is 3.35. The summed E-state index contributed by atoms with van der Waals surface area (Å²) in [4.78, 5) is 4.66. The van der Waals surface area contributed by atoms with Crippen molar-refractivity contribution in [2.75, 3.05) is 7.11 Å². The Morgan fingerprint density at radius 2 is 1.96 bits per heavy atom. The maximum Gasteiger partial charge on any atom is 0.146 e. The van der Waals surface area contributed by atoms with Crippen molar-refractivity contribution in [2.24, 2.45) is 0 Å². The first-order chi connectivity index (χ1) is 12.6. The second-order valence-corrected chi connectivity index (χ2v) is 6.21. The van der Waals surface area contributed by atoms with Crippen LogP contribution in [0.3, 0.4) is 0 Å². The third kappa shape index (κ3) is 2.42. The third-order valence-corrected chi connectivity index (χ3v) is 4.81. The van der Waals surface area contributed by atoms with Gasteiger partial charge in [0.2, 0.25) is 0 Å². The summed E-state index contributed by atoms with van der Waals surface area (Å²) in [7, 11) is 1.63. The van der Waals surface area contributed by atoms with E-state index in [0.29, 0.717) is 17.8 Å². The van der Waals surface area contributed by atoms with Crippen molar-refractivity contribution in [2.45, 2.75) is 20.4 Å². The van der Waals surface area contributed by atoms with Gasteiger partial charge in [-0.3, -0.25) is 9.98 Å². The quantitative estimate of drug-likeness (QED) is 0.613. The number of aryl methyl sites for hydroxylation is 1. The molecule has 0 amide bonds. The fourth-order valence-corrected chi connectivity index (χ4v) is 3.32. The van der Waals surface area contributed by atoms with E-state index >= 15 is 0 Å². The zero-order valence-corrected chi connectivity index (χ0v) is 15.0. The van der Waals surface area contributed by atoms with Gasteiger partial charge in [0.1, 0.15) is 29.0 Å². The van der Waals surface area contributed by atoms with E-state index in [2.05, 4.69) is 9.55 Å². The Hall–Kier alpha value is -3.28. The van der Waals surface area contributed by atoms with Crippen molar-refractivity contribution in [3.8, 4) is 11.4 Å². The average Bonchev–Trinajstić information content (AvgIpc) is 3.25. The molecule has 0 aliphatic heterocycles. The van der Waals surface area contributed by atoms with Crippen LogP contribution in [0, 0.1) is 19.3 Å². The number of ether oxygens (including phenoxy) is 1. The minimum Gasteiger partial charge on any atom is -0.495 e. The van der Waals surface area contributed by atoms with Gasteiger partial charge in [-0.05, 0) is 43.7 Å². The van der Waals surface area contributed by atoms with Crippen LogP contribution < -0.4 is 10.2 Å². The number of rotatable bonds is 4. The smallest absolute Gasteiger partial charge is 0.146 e. The van der Waals surface area contributed by atoms with Gasteiger partial charge in [0.05, 0.1) is 31.0 Å². The predicted molar refractivity (Wildman–Crippen MR) is 98.8 cm³/mol. The van der Waals surface area contributed by atoms with Crippen LogP contribution in [0.1, 0.15) is 17.0 Å². The van der Waals surface area contributed by atoms with Crippen molar-refractivity contribution >= 4 is 11.0 Å². The Kier molecular flexibility index (Phi) is 3.88. The van der Waals surface area contributed by atoms with Crippen LogP contribution in [-0.2, 0) is 6.54 Å². The summed E-state index contributed by atoms with van der Waals surface area (Å²) >= 11 is 0. The summed E-state index contributed by atoms with van der Waals surface area (Å²) in [5.41, 5.74) is 4.10. The average molecular weight is 348 g/mol. The van der Waals surface area contributed by atoms with Gasteiger partial charge in [0.15, 0.2) is 0 Å². The lowest BCUT2D eigenvalue weighted by atomic mass is 10.2. The summed E-state index contributed by atoms with van der Waals surface area (Å²) in [6, 6.07) is 11.5. The molecule has 4 rings (SSSR count). The first-order valence-corrected chi connectivity index (χ1v) is 8.39. The highest BCUT2D eigenvalue weighted by molar-refractivity contribution is 5.81. The Morgan fingerprint density at radius 3 is 2.69 bits per heavy atom. The SMILES string of the molecule is COc1ccccc1-n1cnc2c(c(C)c(C)n2Cc2ccco2)c1=N. The van der Waals surface area contributed by atoms with Crippen LogP contribution in [-0.4, -0.2) is 21.2 Å². The molecule has 1 N–H and O–H groups in total. The van der Waals surface area contributed by atoms with Crippen molar-refractivity contribution in [3.63, 3.8) is 0 Å². The van der Waals surface area contributed by atoms with Gasteiger partial charge in [0.25, 0.3) is 0 Å². The van der Waals surface area contributed by atoms with Crippen molar-refractivity contribution in [1.82, 2.24) is 14.1 Å². The zero-order chi connectivity index (χ0) is 18.3. The first-order valence-electron chi connectivity index (χ1n) is 8.39. The number of methoxy groups -OCH3 is 1. The Balaban J connectivity index is 1.94. The molecule has 0 saturated carbocycles. The molecular formula is C20H20N4O2. The summed E-state index contributed by atoms with van der Waals surface area (Å²) < 4.78 is 14.8. The molecule has 0 atom stereocenters. The van der Waals surface area contributed by atoms with Gasteiger partial charge in [-0.1, -0.05) is 12.1 Å². The van der Waals surface area contributed by atoms with Gasteiger partial charge in [0, 0.05) is 5.69 Å². The Morgan fingerprint density at radius 1 is 1.15 bits per heavy atom. The highest BCUT2D eigenvalue weighted by Crippen LogP contribution is 2.25. The molecule has 0 fully saturated rings. The summed E-state index contributed by atoms with van der Waals surface area (Å²) in [5, 5.41) is 9.62. The number of fused-ring (bicyclic) bond motifs is 1. The number of benzene rings is 1. The molecule has 6 nitrogen and oxygen atoms in total. The molecule has 1 aromatic carbocycles. The lowest BCUT2D eigenvalue weighted by Crippen LogP contribution is -2.20. The van der Waals surface area contributed by atoms with Crippen LogP contribution in [0.4, 0.5) is 0 Å². The molecule has 6 heteroatoms. The normalized spacial score (nSPS) is 11.2. The van der Waals surface area contributed by atoms with Gasteiger partial charge in [-0.25, -0.2) is 4.98 Å². The van der Waals surface area contributed by atoms with Crippen LogP contribution in [0.15, 0.2) is 53.4 Å². The van der Waals surface area contributed by atoms with E-state index in [4.69, 9.17) is 14.6 Å². The molecule has 0 bridgehead atoms. The molecule has 3 heterocycles. The number of nitrogens with one attached hydrogen (secondary N) is 1. The minimum atomic E-state index is 0.387. The molecule has 0 aliphatic carbocycles. The highest BCUT2D eigenvalue weighted by Gasteiger charge is 2.17. The van der Waals surface area contributed by atoms with Crippen molar-refractivity contribution < 1.29 is 9.15 Å². The van der Waals surface area contributed by atoms with Gasteiger partial charge in [-0.15, -0.1) is 0 Å². The topological polar surface area (TPSA) is 69.0 Å². The Labute approximate surface area is 150 Å². The molecule has 0 radical (unpaired) electrons. The van der Waals surface area contributed by atoms with E-state index in [1.54, 1.807) is 24.3 Å². The number of hydrogen-bond donors (Lipinski definition) is 1. The first kappa shape index (κ1) is 16.2. The highest BCUT2D eigenvalue weighted by atomic mass is 16.5. The Bertz CT molecular complexity index is 1140. The molecule has 0 spiro atoms. The van der Waals surface area contributed by atoms with E-state index in [9.17, 15) is 0 Å². The van der Waals surface area contributed by atoms with E-state index in [1.807, 2.05) is 50.2 Å². The lowest BCUT2D eigenvalue weighted by Gasteiger charge is -2.12. The molecule has 0 aliphatic rings. The van der Waals surface area contributed by atoms with Gasteiger partial charge < -0.3 is 13.7 Å². The van der Waals surface area contributed by atoms with Gasteiger partial charge in [-0.2, -0.15) is 0 Å². The van der Waals surface area contributed by atoms with Crippen LogP contribution in [0.5, 0.6) is 5.75 Å². The zero-order valence-electron chi connectivity index (χ0n) is 15.0. The van der Waals surface area contributed by atoms with E-state index < -0.39 is 0 Å². The second-order valence-electron chi connectivity index (χ2n) is 6.21. The minimum absolute atomic E-state index is 0.387. The van der Waals surface area contributed by atoms with Crippen LogP contribution in [0.2, 0.25) is 0 Å². The number of nitrogens with zero attached hydrogens (tertiary/aromatic N) is 3. The molecule has 26 heavy (non-hydrogen) atoms. The summed E-state index contributed by atoms with van der Waals surface area (Å²) in [6.45, 7) is 4.67.